The van der Waals surface area contributed by atoms with E-state index >= 15 is 0 Å². The fraction of sp³-hybridized carbons (Fsp3) is 0.889. The molecule has 3 N–H and O–H groups in total. The third-order valence-corrected chi connectivity index (χ3v) is 2.82. The summed E-state index contributed by atoms with van der Waals surface area (Å²) in [4.78, 5) is 11.0. The Labute approximate surface area is 102 Å². The number of amides is 1. The van der Waals surface area contributed by atoms with Crippen LogP contribution in [-0.2, 0) is 14.9 Å². The highest BCUT2D eigenvalue weighted by molar-refractivity contribution is 7.88. The van der Waals surface area contributed by atoms with Crippen LogP contribution >= 0.6 is 0 Å². The van der Waals surface area contributed by atoms with Crippen molar-refractivity contribution in [3.8, 4) is 0 Å². The lowest BCUT2D eigenvalue weighted by Crippen LogP contribution is -2.42. The number of hydrogen-bond acceptors (Lipinski definition) is 5. The van der Waals surface area contributed by atoms with Crippen molar-refractivity contribution in [3.63, 3.8) is 0 Å². The van der Waals surface area contributed by atoms with Crippen LogP contribution in [0.25, 0.3) is 0 Å². The van der Waals surface area contributed by atoms with Crippen molar-refractivity contribution in [2.45, 2.75) is 45.8 Å². The van der Waals surface area contributed by atoms with Crippen LogP contribution in [0.5, 0.6) is 0 Å². The molecule has 0 spiro atoms. The summed E-state index contributed by atoms with van der Waals surface area (Å²) >= 11 is 0. The maximum absolute atomic E-state index is 11.3. The van der Waals surface area contributed by atoms with Gasteiger partial charge in [0.2, 0.25) is 0 Å². The number of rotatable bonds is 7. The molecule has 0 bridgehead atoms. The molecule has 0 radical (unpaired) electrons. The normalized spacial score (nSPS) is 13.5. The lowest BCUT2D eigenvalue weighted by Gasteiger charge is -2.11. The summed E-state index contributed by atoms with van der Waals surface area (Å²) in [5.74, 6) is 0. The Morgan fingerprint density at radius 1 is 1.41 bits per heavy atom. The quantitative estimate of drug-likeness (QED) is 0.608. The molecule has 1 amide bonds. The van der Waals surface area contributed by atoms with E-state index in [1.807, 2.05) is 0 Å². The van der Waals surface area contributed by atoms with Gasteiger partial charge in [-0.25, -0.2) is 9.52 Å². The molecule has 7 nitrogen and oxygen atoms in total. The van der Waals surface area contributed by atoms with Gasteiger partial charge in [-0.05, 0) is 26.7 Å². The van der Waals surface area contributed by atoms with Crippen molar-refractivity contribution in [2.24, 2.45) is 0 Å². The van der Waals surface area contributed by atoms with E-state index in [0.717, 1.165) is 0 Å². The summed E-state index contributed by atoms with van der Waals surface area (Å²) in [6.45, 7) is 5.06. The Bertz CT molecular complexity index is 328. The molecular weight excluding hydrogens is 248 g/mol. The molecule has 0 saturated carbocycles. The summed E-state index contributed by atoms with van der Waals surface area (Å²) in [6, 6.07) is 0. The molecule has 1 unspecified atom stereocenters. The zero-order valence-corrected chi connectivity index (χ0v) is 11.1. The zero-order valence-electron chi connectivity index (χ0n) is 10.3. The van der Waals surface area contributed by atoms with Gasteiger partial charge < -0.3 is 9.84 Å². The molecule has 0 aliphatic heterocycles. The second-order valence-corrected chi connectivity index (χ2v) is 5.30. The second-order valence-electron chi connectivity index (χ2n) is 3.80. The molecule has 0 aromatic carbocycles. The van der Waals surface area contributed by atoms with Gasteiger partial charge >= 0.3 is 16.3 Å². The van der Waals surface area contributed by atoms with Gasteiger partial charge in [0, 0.05) is 6.54 Å². The molecule has 0 aliphatic carbocycles. The average Bonchev–Trinajstić information content (AvgIpc) is 2.14. The Morgan fingerprint density at radius 2 is 2.00 bits per heavy atom. The summed E-state index contributed by atoms with van der Waals surface area (Å²) in [7, 11) is -3.92. The maximum Gasteiger partial charge on any atom is 0.422 e. The van der Waals surface area contributed by atoms with Crippen LogP contribution in [0.15, 0.2) is 0 Å². The molecule has 0 heterocycles. The average molecular weight is 268 g/mol. The van der Waals surface area contributed by atoms with Gasteiger partial charge in [0.1, 0.15) is 0 Å². The first-order chi connectivity index (χ1) is 7.76. The summed E-state index contributed by atoms with van der Waals surface area (Å²) in [5.41, 5.74) is 0. The van der Waals surface area contributed by atoms with Crippen molar-refractivity contribution >= 4 is 16.3 Å². The number of aliphatic hydroxyl groups excluding tert-OH is 1. The van der Waals surface area contributed by atoms with Crippen molar-refractivity contribution in [3.05, 3.63) is 0 Å². The molecule has 0 fully saturated rings. The lowest BCUT2D eigenvalue weighted by atomic mass is 10.2. The molecule has 0 aromatic heterocycles. The molecule has 0 saturated heterocycles. The van der Waals surface area contributed by atoms with Crippen LogP contribution in [0.2, 0.25) is 0 Å². The van der Waals surface area contributed by atoms with Gasteiger partial charge in [-0.1, -0.05) is 6.92 Å². The molecule has 102 valence electrons. The minimum absolute atomic E-state index is 0.0549. The third-order valence-electron chi connectivity index (χ3n) is 1.80. The highest BCUT2D eigenvalue weighted by Gasteiger charge is 2.15. The van der Waals surface area contributed by atoms with Crippen LogP contribution in [-0.4, -0.2) is 38.4 Å². The molecule has 0 aromatic rings. The first-order valence-electron chi connectivity index (χ1n) is 5.43. The van der Waals surface area contributed by atoms with E-state index in [2.05, 4.69) is 9.46 Å². The molecule has 0 aliphatic rings. The number of hydrogen-bond donors (Lipinski definition) is 3. The predicted molar refractivity (Wildman–Crippen MR) is 62.6 cm³/mol. The third kappa shape index (κ3) is 8.90. The predicted octanol–water partition coefficient (Wildman–Crippen LogP) is 0.116. The number of nitrogens with one attached hydrogen (secondary N) is 2. The molecular formula is C9H20N2O5S. The highest BCUT2D eigenvalue weighted by atomic mass is 32.2. The second kappa shape index (κ2) is 7.46. The van der Waals surface area contributed by atoms with Crippen LogP contribution < -0.4 is 9.44 Å². The Kier molecular flexibility index (Phi) is 7.09. The molecule has 0 rings (SSSR count). The monoisotopic (exact) mass is 268 g/mol. The maximum atomic E-state index is 11.3. The Hall–Kier alpha value is -0.860. The molecule has 17 heavy (non-hydrogen) atoms. The van der Waals surface area contributed by atoms with Gasteiger partial charge in [-0.2, -0.15) is 13.1 Å². The van der Waals surface area contributed by atoms with Gasteiger partial charge in [0.05, 0.1) is 12.2 Å². The molecule has 8 heteroatoms. The number of carbonyl (C=O) groups excluding carboxylic acids is 1. The van der Waals surface area contributed by atoms with Crippen LogP contribution in [0, 0.1) is 0 Å². The van der Waals surface area contributed by atoms with Crippen LogP contribution in [0.4, 0.5) is 4.79 Å². The van der Waals surface area contributed by atoms with Crippen molar-refractivity contribution in [1.82, 2.24) is 9.44 Å². The number of carbonyl (C=O) groups is 1. The Balaban J connectivity index is 4.00. The minimum Gasteiger partial charge on any atom is -0.446 e. The van der Waals surface area contributed by atoms with Crippen LogP contribution in [0.3, 0.4) is 0 Å². The van der Waals surface area contributed by atoms with Gasteiger partial charge in [-0.15, -0.1) is 0 Å². The van der Waals surface area contributed by atoms with Gasteiger partial charge in [0.15, 0.2) is 0 Å². The minimum atomic E-state index is -3.92. The smallest absolute Gasteiger partial charge is 0.422 e. The van der Waals surface area contributed by atoms with Crippen molar-refractivity contribution in [2.75, 3.05) is 6.54 Å². The van der Waals surface area contributed by atoms with E-state index in [0.29, 0.717) is 6.42 Å². The highest BCUT2D eigenvalue weighted by Crippen LogP contribution is 1.95. The summed E-state index contributed by atoms with van der Waals surface area (Å²) < 4.78 is 31.0. The first kappa shape index (κ1) is 16.1. The van der Waals surface area contributed by atoms with E-state index < -0.39 is 28.5 Å². The number of aliphatic hydroxyl groups is 1. The van der Waals surface area contributed by atoms with E-state index in [9.17, 15) is 18.3 Å². The van der Waals surface area contributed by atoms with E-state index in [1.165, 1.54) is 0 Å². The van der Waals surface area contributed by atoms with Gasteiger partial charge in [-0.3, -0.25) is 0 Å². The van der Waals surface area contributed by atoms with Crippen molar-refractivity contribution in [1.29, 1.82) is 0 Å². The largest absolute Gasteiger partial charge is 0.446 e. The fourth-order valence-corrected chi connectivity index (χ4v) is 1.67. The van der Waals surface area contributed by atoms with E-state index in [-0.39, 0.29) is 13.0 Å². The standard InChI is InChI=1S/C9H20N2O5S/c1-4-8(12)5-6-10-17(14,15)11-9(13)16-7(2)3/h7-8,10,12H,4-6H2,1-3H3,(H,11,13). The molecule has 1 atom stereocenters. The van der Waals surface area contributed by atoms with E-state index in [4.69, 9.17) is 0 Å². The number of ether oxygens (including phenoxy) is 1. The topological polar surface area (TPSA) is 105 Å². The summed E-state index contributed by atoms with van der Waals surface area (Å²) in [5, 5.41) is 9.21. The van der Waals surface area contributed by atoms with Gasteiger partial charge in [0.25, 0.3) is 0 Å². The first-order valence-corrected chi connectivity index (χ1v) is 6.91. The SMILES string of the molecule is CCC(O)CCNS(=O)(=O)NC(=O)OC(C)C. The summed E-state index contributed by atoms with van der Waals surface area (Å²) in [6.07, 6.45) is -1.14. The van der Waals surface area contributed by atoms with E-state index in [1.54, 1.807) is 25.5 Å². The zero-order chi connectivity index (χ0) is 13.5. The lowest BCUT2D eigenvalue weighted by molar-refractivity contribution is 0.121. The fourth-order valence-electron chi connectivity index (χ4n) is 0.948. The Morgan fingerprint density at radius 3 is 2.47 bits per heavy atom. The van der Waals surface area contributed by atoms with Crippen LogP contribution in [0.1, 0.15) is 33.6 Å². The van der Waals surface area contributed by atoms with Crippen molar-refractivity contribution < 1.29 is 23.1 Å².